The SMILES string of the molecule is C[C@@H](NC(=O)COC(=O)c1cccc(NC(=O)c2cccs2)c1)c1cccs1. The molecule has 6 nitrogen and oxygen atoms in total. The number of carbonyl (C=O) groups excluding carboxylic acids is 3. The first-order valence-corrected chi connectivity index (χ1v) is 10.2. The third-order valence-electron chi connectivity index (χ3n) is 3.78. The van der Waals surface area contributed by atoms with Crippen LogP contribution >= 0.6 is 22.7 Å². The fraction of sp³-hybridized carbons (Fsp3) is 0.150. The first-order valence-electron chi connectivity index (χ1n) is 8.48. The summed E-state index contributed by atoms with van der Waals surface area (Å²) >= 11 is 2.87. The van der Waals surface area contributed by atoms with Crippen molar-refractivity contribution in [1.82, 2.24) is 5.32 Å². The standard InChI is InChI=1S/C20H18N2O4S2/c1-13(16-7-3-9-27-16)21-18(23)12-26-20(25)14-5-2-6-15(11-14)22-19(24)17-8-4-10-28-17/h2-11,13H,12H2,1H3,(H,21,23)(H,22,24)/t13-/m1/s1. The highest BCUT2D eigenvalue weighted by Crippen LogP contribution is 2.18. The van der Waals surface area contributed by atoms with Crippen LogP contribution in [0.2, 0.25) is 0 Å². The second-order valence-electron chi connectivity index (χ2n) is 5.89. The number of anilines is 1. The van der Waals surface area contributed by atoms with Crippen LogP contribution in [0.25, 0.3) is 0 Å². The lowest BCUT2D eigenvalue weighted by molar-refractivity contribution is -0.124. The average molecular weight is 415 g/mol. The first kappa shape index (κ1) is 19.8. The Morgan fingerprint density at radius 2 is 1.82 bits per heavy atom. The van der Waals surface area contributed by atoms with Crippen LogP contribution in [-0.4, -0.2) is 24.4 Å². The lowest BCUT2D eigenvalue weighted by atomic mass is 10.2. The van der Waals surface area contributed by atoms with E-state index >= 15 is 0 Å². The fourth-order valence-electron chi connectivity index (χ4n) is 2.43. The summed E-state index contributed by atoms with van der Waals surface area (Å²) in [5.74, 6) is -1.26. The van der Waals surface area contributed by atoms with E-state index in [1.54, 1.807) is 41.7 Å². The highest BCUT2D eigenvalue weighted by molar-refractivity contribution is 7.12. The molecule has 2 N–H and O–H groups in total. The molecule has 0 aliphatic heterocycles. The molecule has 0 aliphatic rings. The highest BCUT2D eigenvalue weighted by Gasteiger charge is 2.14. The lowest BCUT2D eigenvalue weighted by Crippen LogP contribution is -2.30. The Bertz CT molecular complexity index is 953. The second-order valence-corrected chi connectivity index (χ2v) is 7.82. The van der Waals surface area contributed by atoms with Gasteiger partial charge in [-0.3, -0.25) is 9.59 Å². The third kappa shape index (κ3) is 5.28. The van der Waals surface area contributed by atoms with E-state index in [9.17, 15) is 14.4 Å². The van der Waals surface area contributed by atoms with Crippen LogP contribution in [0.5, 0.6) is 0 Å². The molecule has 0 aliphatic carbocycles. The summed E-state index contributed by atoms with van der Waals surface area (Å²) in [4.78, 5) is 37.9. The highest BCUT2D eigenvalue weighted by atomic mass is 32.1. The minimum absolute atomic E-state index is 0.151. The van der Waals surface area contributed by atoms with E-state index in [1.807, 2.05) is 29.8 Å². The molecule has 1 atom stereocenters. The molecule has 3 aromatic rings. The molecule has 0 saturated heterocycles. The van der Waals surface area contributed by atoms with Crippen molar-refractivity contribution in [2.45, 2.75) is 13.0 Å². The summed E-state index contributed by atoms with van der Waals surface area (Å²) in [6.45, 7) is 1.49. The van der Waals surface area contributed by atoms with Gasteiger partial charge in [-0.15, -0.1) is 22.7 Å². The molecule has 144 valence electrons. The molecule has 2 aromatic heterocycles. The number of carbonyl (C=O) groups is 3. The fourth-order valence-corrected chi connectivity index (χ4v) is 3.78. The second kappa shape index (κ2) is 9.29. The van der Waals surface area contributed by atoms with Crippen molar-refractivity contribution in [1.29, 1.82) is 0 Å². The van der Waals surface area contributed by atoms with Crippen molar-refractivity contribution < 1.29 is 19.1 Å². The molecule has 0 fully saturated rings. The van der Waals surface area contributed by atoms with Crippen LogP contribution in [0.15, 0.2) is 59.3 Å². The number of rotatable bonds is 7. The van der Waals surface area contributed by atoms with Gasteiger partial charge in [0.2, 0.25) is 0 Å². The van der Waals surface area contributed by atoms with Gasteiger partial charge in [-0.05, 0) is 48.0 Å². The van der Waals surface area contributed by atoms with Crippen molar-refractivity contribution in [3.05, 3.63) is 74.6 Å². The maximum Gasteiger partial charge on any atom is 0.338 e. The number of nitrogens with one attached hydrogen (secondary N) is 2. The van der Waals surface area contributed by atoms with Crippen molar-refractivity contribution in [3.63, 3.8) is 0 Å². The van der Waals surface area contributed by atoms with E-state index < -0.39 is 5.97 Å². The number of amides is 2. The lowest BCUT2D eigenvalue weighted by Gasteiger charge is -2.12. The van der Waals surface area contributed by atoms with Crippen LogP contribution in [0.3, 0.4) is 0 Å². The van der Waals surface area contributed by atoms with E-state index in [4.69, 9.17) is 4.74 Å². The van der Waals surface area contributed by atoms with Gasteiger partial charge in [-0.2, -0.15) is 0 Å². The third-order valence-corrected chi connectivity index (χ3v) is 5.71. The molecular weight excluding hydrogens is 396 g/mol. The number of ether oxygens (including phenoxy) is 1. The Morgan fingerprint density at radius 1 is 1.04 bits per heavy atom. The van der Waals surface area contributed by atoms with Gasteiger partial charge < -0.3 is 15.4 Å². The maximum atomic E-state index is 12.2. The predicted molar refractivity (Wildman–Crippen MR) is 110 cm³/mol. The number of hydrogen-bond acceptors (Lipinski definition) is 6. The van der Waals surface area contributed by atoms with E-state index in [0.717, 1.165) is 4.88 Å². The monoisotopic (exact) mass is 414 g/mol. The summed E-state index contributed by atoms with van der Waals surface area (Å²) in [6.07, 6.45) is 0. The number of hydrogen-bond donors (Lipinski definition) is 2. The van der Waals surface area contributed by atoms with Gasteiger partial charge in [0.25, 0.3) is 11.8 Å². The smallest absolute Gasteiger partial charge is 0.338 e. The van der Waals surface area contributed by atoms with Crippen LogP contribution in [0.4, 0.5) is 5.69 Å². The minimum Gasteiger partial charge on any atom is -0.452 e. The molecule has 1 aromatic carbocycles. The Hall–Kier alpha value is -2.97. The number of thiophene rings is 2. The van der Waals surface area contributed by atoms with Gasteiger partial charge >= 0.3 is 5.97 Å². The zero-order valence-electron chi connectivity index (χ0n) is 15.0. The van der Waals surface area contributed by atoms with Crippen LogP contribution in [0.1, 0.15) is 37.9 Å². The summed E-state index contributed by atoms with van der Waals surface area (Å²) in [6, 6.07) is 13.6. The molecule has 2 heterocycles. The molecule has 0 radical (unpaired) electrons. The minimum atomic E-state index is -0.633. The van der Waals surface area contributed by atoms with Gasteiger partial charge in [0.15, 0.2) is 6.61 Å². The average Bonchev–Trinajstić information content (AvgIpc) is 3.40. The molecule has 2 amide bonds. The molecule has 0 spiro atoms. The van der Waals surface area contributed by atoms with Crippen LogP contribution in [0, 0.1) is 0 Å². The van der Waals surface area contributed by atoms with E-state index in [0.29, 0.717) is 10.6 Å². The summed E-state index contributed by atoms with van der Waals surface area (Å²) < 4.78 is 5.08. The maximum absolute atomic E-state index is 12.2. The molecule has 0 unspecified atom stereocenters. The number of benzene rings is 1. The van der Waals surface area contributed by atoms with Gasteiger partial charge in [-0.25, -0.2) is 4.79 Å². The zero-order chi connectivity index (χ0) is 19.9. The molecular formula is C20H18N2O4S2. The Labute approximate surface area is 170 Å². The van der Waals surface area contributed by atoms with Crippen LogP contribution < -0.4 is 10.6 Å². The molecule has 0 saturated carbocycles. The summed E-state index contributed by atoms with van der Waals surface area (Å²) in [5.41, 5.74) is 0.728. The Balaban J connectivity index is 1.53. The van der Waals surface area contributed by atoms with Gasteiger partial charge in [-0.1, -0.05) is 18.2 Å². The van der Waals surface area contributed by atoms with E-state index in [1.165, 1.54) is 17.4 Å². The Morgan fingerprint density at radius 3 is 2.54 bits per heavy atom. The van der Waals surface area contributed by atoms with Crippen molar-refractivity contribution in [3.8, 4) is 0 Å². The molecule has 3 rings (SSSR count). The van der Waals surface area contributed by atoms with Gasteiger partial charge in [0.1, 0.15) is 0 Å². The molecule has 8 heteroatoms. The van der Waals surface area contributed by atoms with Crippen molar-refractivity contribution in [2.75, 3.05) is 11.9 Å². The van der Waals surface area contributed by atoms with Crippen LogP contribution in [-0.2, 0) is 9.53 Å². The molecule has 28 heavy (non-hydrogen) atoms. The van der Waals surface area contributed by atoms with Gasteiger partial charge in [0, 0.05) is 10.6 Å². The normalized spacial score (nSPS) is 11.5. The van der Waals surface area contributed by atoms with Gasteiger partial charge in [0.05, 0.1) is 16.5 Å². The summed E-state index contributed by atoms with van der Waals surface area (Å²) in [5, 5.41) is 9.26. The Kier molecular flexibility index (Phi) is 6.57. The predicted octanol–water partition coefficient (Wildman–Crippen LogP) is 4.10. The van der Waals surface area contributed by atoms with E-state index in [2.05, 4.69) is 10.6 Å². The largest absolute Gasteiger partial charge is 0.452 e. The number of esters is 1. The first-order chi connectivity index (χ1) is 13.5. The summed E-state index contributed by atoms with van der Waals surface area (Å²) in [7, 11) is 0. The zero-order valence-corrected chi connectivity index (χ0v) is 16.6. The van der Waals surface area contributed by atoms with Crippen molar-refractivity contribution in [2.24, 2.45) is 0 Å². The molecule has 0 bridgehead atoms. The topological polar surface area (TPSA) is 84.5 Å². The van der Waals surface area contributed by atoms with Crippen molar-refractivity contribution >= 4 is 46.1 Å². The van der Waals surface area contributed by atoms with E-state index in [-0.39, 0.29) is 30.0 Å². The quantitative estimate of drug-likeness (QED) is 0.570.